The topological polar surface area (TPSA) is 59.8 Å². The molecule has 31 heavy (non-hydrogen) atoms. The highest BCUT2D eigenvalue weighted by molar-refractivity contribution is 9.10. The molecule has 1 amide bonds. The largest absolute Gasteiger partial charge is 0.323 e. The second-order valence-electron chi connectivity index (χ2n) is 6.81. The zero-order chi connectivity index (χ0) is 21.8. The molecular formula is C23H18BrFN4OS. The number of amides is 1. The minimum absolute atomic E-state index is 0.0638. The molecule has 4 aromatic rings. The Morgan fingerprint density at radius 2 is 1.87 bits per heavy atom. The van der Waals surface area contributed by atoms with Crippen LogP contribution in [-0.4, -0.2) is 26.4 Å². The third kappa shape index (κ3) is 5.03. The number of rotatable bonds is 6. The van der Waals surface area contributed by atoms with Crippen LogP contribution >= 0.6 is 27.7 Å². The average Bonchev–Trinajstić information content (AvgIpc) is 3.19. The van der Waals surface area contributed by atoms with Crippen LogP contribution < -0.4 is 5.32 Å². The molecule has 0 saturated carbocycles. The molecule has 1 N–H and O–H groups in total. The smallest absolute Gasteiger partial charge is 0.234 e. The Labute approximate surface area is 191 Å². The third-order valence-corrected chi connectivity index (χ3v) is 5.88. The SMILES string of the molecule is Cc1cccc(-c2nnc(SCC(=O)Nc3ccc(Br)cc3F)n2-c2ccccc2)c1. The fourth-order valence-corrected chi connectivity index (χ4v) is 4.14. The van der Waals surface area contributed by atoms with Crippen molar-refractivity contribution in [1.82, 2.24) is 14.8 Å². The lowest BCUT2D eigenvalue weighted by molar-refractivity contribution is -0.113. The summed E-state index contributed by atoms with van der Waals surface area (Å²) in [5.74, 6) is -0.0708. The van der Waals surface area contributed by atoms with E-state index in [4.69, 9.17) is 0 Å². The van der Waals surface area contributed by atoms with Crippen molar-refractivity contribution in [2.45, 2.75) is 12.1 Å². The minimum atomic E-state index is -0.498. The van der Waals surface area contributed by atoms with Gasteiger partial charge in [0.15, 0.2) is 11.0 Å². The maximum Gasteiger partial charge on any atom is 0.234 e. The van der Waals surface area contributed by atoms with Gasteiger partial charge in [-0.25, -0.2) is 4.39 Å². The number of benzene rings is 3. The second kappa shape index (κ2) is 9.45. The summed E-state index contributed by atoms with van der Waals surface area (Å²) in [5, 5.41) is 11.9. The number of hydrogen-bond acceptors (Lipinski definition) is 4. The molecule has 3 aromatic carbocycles. The summed E-state index contributed by atoms with van der Waals surface area (Å²) >= 11 is 4.45. The van der Waals surface area contributed by atoms with Crippen LogP contribution in [0.3, 0.4) is 0 Å². The number of carbonyl (C=O) groups excluding carboxylic acids is 1. The van der Waals surface area contributed by atoms with Gasteiger partial charge in [0, 0.05) is 15.7 Å². The molecule has 4 rings (SSSR count). The van der Waals surface area contributed by atoms with Gasteiger partial charge < -0.3 is 5.32 Å². The van der Waals surface area contributed by atoms with E-state index < -0.39 is 5.82 Å². The van der Waals surface area contributed by atoms with Gasteiger partial charge in [0.05, 0.1) is 11.4 Å². The lowest BCUT2D eigenvalue weighted by atomic mass is 10.1. The van der Waals surface area contributed by atoms with E-state index in [1.807, 2.05) is 66.1 Å². The molecule has 8 heteroatoms. The quantitative estimate of drug-likeness (QED) is 0.339. The van der Waals surface area contributed by atoms with Gasteiger partial charge in [0.1, 0.15) is 5.82 Å². The summed E-state index contributed by atoms with van der Waals surface area (Å²) < 4.78 is 16.5. The van der Waals surface area contributed by atoms with Gasteiger partial charge in [-0.1, -0.05) is 69.7 Å². The van der Waals surface area contributed by atoms with Gasteiger partial charge in [0.2, 0.25) is 5.91 Å². The van der Waals surface area contributed by atoms with Crippen LogP contribution in [0.2, 0.25) is 0 Å². The maximum atomic E-state index is 14.0. The molecular weight excluding hydrogens is 479 g/mol. The number of anilines is 1. The predicted molar refractivity (Wildman–Crippen MR) is 125 cm³/mol. The van der Waals surface area contributed by atoms with E-state index in [1.54, 1.807) is 6.07 Å². The molecule has 0 spiro atoms. The van der Waals surface area contributed by atoms with Crippen molar-refractivity contribution in [3.8, 4) is 17.1 Å². The first kappa shape index (κ1) is 21.3. The molecule has 0 unspecified atom stereocenters. The van der Waals surface area contributed by atoms with Crippen LogP contribution in [0, 0.1) is 12.7 Å². The number of aryl methyl sites for hydroxylation is 1. The minimum Gasteiger partial charge on any atom is -0.323 e. The molecule has 0 radical (unpaired) electrons. The van der Waals surface area contributed by atoms with Crippen molar-refractivity contribution >= 4 is 39.3 Å². The first-order valence-electron chi connectivity index (χ1n) is 9.47. The molecule has 1 heterocycles. The molecule has 0 bridgehead atoms. The number of halogens is 2. The molecule has 0 aliphatic rings. The van der Waals surface area contributed by atoms with Gasteiger partial charge in [-0.2, -0.15) is 0 Å². The average molecular weight is 497 g/mol. The van der Waals surface area contributed by atoms with E-state index in [2.05, 4.69) is 31.4 Å². The fraction of sp³-hybridized carbons (Fsp3) is 0.0870. The van der Waals surface area contributed by atoms with E-state index in [9.17, 15) is 9.18 Å². The molecule has 156 valence electrons. The van der Waals surface area contributed by atoms with E-state index in [1.165, 1.54) is 23.9 Å². The van der Waals surface area contributed by atoms with Crippen molar-refractivity contribution < 1.29 is 9.18 Å². The normalized spacial score (nSPS) is 10.8. The van der Waals surface area contributed by atoms with Crippen LogP contribution in [0.5, 0.6) is 0 Å². The third-order valence-electron chi connectivity index (χ3n) is 4.46. The Bertz CT molecular complexity index is 1230. The van der Waals surface area contributed by atoms with Gasteiger partial charge >= 0.3 is 0 Å². The Hall–Kier alpha value is -2.97. The molecule has 0 saturated heterocycles. The molecule has 0 aliphatic carbocycles. The Morgan fingerprint density at radius 3 is 2.61 bits per heavy atom. The highest BCUT2D eigenvalue weighted by Crippen LogP contribution is 2.28. The fourth-order valence-electron chi connectivity index (χ4n) is 3.05. The van der Waals surface area contributed by atoms with Crippen molar-refractivity contribution in [2.75, 3.05) is 11.1 Å². The van der Waals surface area contributed by atoms with Crippen molar-refractivity contribution in [2.24, 2.45) is 0 Å². The number of hydrogen-bond donors (Lipinski definition) is 1. The Kier molecular flexibility index (Phi) is 6.48. The summed E-state index contributed by atoms with van der Waals surface area (Å²) in [6.45, 7) is 2.02. The molecule has 1 aromatic heterocycles. The standard InChI is InChI=1S/C23H18BrFN4OS/c1-15-6-5-7-16(12-15)22-27-28-23(29(22)18-8-3-2-4-9-18)31-14-21(30)26-20-11-10-17(24)13-19(20)25/h2-13H,14H2,1H3,(H,26,30). The Balaban J connectivity index is 1.59. The van der Waals surface area contributed by atoms with Gasteiger partial charge in [-0.3, -0.25) is 9.36 Å². The lowest BCUT2D eigenvalue weighted by Gasteiger charge is -2.11. The second-order valence-corrected chi connectivity index (χ2v) is 8.67. The van der Waals surface area contributed by atoms with Gasteiger partial charge in [0.25, 0.3) is 0 Å². The van der Waals surface area contributed by atoms with E-state index >= 15 is 0 Å². The maximum absolute atomic E-state index is 14.0. The molecule has 0 atom stereocenters. The predicted octanol–water partition coefficient (Wildman–Crippen LogP) is 5.88. The summed E-state index contributed by atoms with van der Waals surface area (Å²) in [4.78, 5) is 12.4. The van der Waals surface area contributed by atoms with Crippen molar-refractivity contribution in [3.05, 3.63) is 88.6 Å². The number of thioether (sulfide) groups is 1. The first-order chi connectivity index (χ1) is 15.0. The summed E-state index contributed by atoms with van der Waals surface area (Å²) in [6.07, 6.45) is 0. The van der Waals surface area contributed by atoms with E-state index in [0.717, 1.165) is 16.8 Å². The molecule has 0 fully saturated rings. The van der Waals surface area contributed by atoms with Gasteiger partial charge in [-0.15, -0.1) is 10.2 Å². The molecule has 5 nitrogen and oxygen atoms in total. The highest BCUT2D eigenvalue weighted by Gasteiger charge is 2.18. The monoisotopic (exact) mass is 496 g/mol. The van der Waals surface area contributed by atoms with Crippen molar-refractivity contribution in [3.63, 3.8) is 0 Å². The zero-order valence-corrected chi connectivity index (χ0v) is 19.0. The van der Waals surface area contributed by atoms with Crippen LogP contribution in [-0.2, 0) is 4.79 Å². The first-order valence-corrected chi connectivity index (χ1v) is 11.2. The summed E-state index contributed by atoms with van der Waals surface area (Å²) in [7, 11) is 0. The van der Waals surface area contributed by atoms with Crippen molar-refractivity contribution in [1.29, 1.82) is 0 Å². The zero-order valence-electron chi connectivity index (χ0n) is 16.5. The van der Waals surface area contributed by atoms with Crippen LogP contribution in [0.4, 0.5) is 10.1 Å². The lowest BCUT2D eigenvalue weighted by Crippen LogP contribution is -2.15. The number of nitrogens with one attached hydrogen (secondary N) is 1. The summed E-state index contributed by atoms with van der Waals surface area (Å²) in [6, 6.07) is 22.3. The Morgan fingerprint density at radius 1 is 1.06 bits per heavy atom. The van der Waals surface area contributed by atoms with E-state index in [-0.39, 0.29) is 17.3 Å². The summed E-state index contributed by atoms with van der Waals surface area (Å²) in [5.41, 5.74) is 3.08. The number of carbonyl (C=O) groups is 1. The highest BCUT2D eigenvalue weighted by atomic mass is 79.9. The molecule has 0 aliphatic heterocycles. The van der Waals surface area contributed by atoms with Crippen LogP contribution in [0.1, 0.15) is 5.56 Å². The number of aromatic nitrogens is 3. The number of nitrogens with zero attached hydrogens (tertiary/aromatic N) is 3. The van der Waals surface area contributed by atoms with Gasteiger partial charge in [-0.05, 0) is 43.3 Å². The van der Waals surface area contributed by atoms with Crippen LogP contribution in [0.15, 0.2) is 82.4 Å². The number of para-hydroxylation sites is 1. The van der Waals surface area contributed by atoms with E-state index in [0.29, 0.717) is 15.5 Å². The van der Waals surface area contributed by atoms with Crippen LogP contribution in [0.25, 0.3) is 17.1 Å².